The molecule has 2 rings (SSSR count). The van der Waals surface area contributed by atoms with E-state index in [-0.39, 0.29) is 30.0 Å². The van der Waals surface area contributed by atoms with Crippen LogP contribution < -0.4 is 5.32 Å². The van der Waals surface area contributed by atoms with Gasteiger partial charge in [-0.15, -0.1) is 0 Å². The molecule has 2 unspecified atom stereocenters. The molecule has 2 atom stereocenters. The van der Waals surface area contributed by atoms with Gasteiger partial charge in [0.25, 0.3) is 5.69 Å². The summed E-state index contributed by atoms with van der Waals surface area (Å²) in [7, 11) is 0. The minimum absolute atomic E-state index is 0.00263. The molecular weight excluding hydrogens is 394 g/mol. The van der Waals surface area contributed by atoms with Crippen LogP contribution in [0.4, 0.5) is 5.69 Å². The van der Waals surface area contributed by atoms with E-state index in [1.807, 2.05) is 51.1 Å². The Morgan fingerprint density at radius 2 is 1.68 bits per heavy atom. The molecule has 2 amide bonds. The van der Waals surface area contributed by atoms with Crippen molar-refractivity contribution in [1.82, 2.24) is 10.2 Å². The zero-order chi connectivity index (χ0) is 22.8. The lowest BCUT2D eigenvalue weighted by molar-refractivity contribution is -0.385. The van der Waals surface area contributed by atoms with Gasteiger partial charge in [0.1, 0.15) is 6.04 Å². The fourth-order valence-corrected chi connectivity index (χ4v) is 3.44. The van der Waals surface area contributed by atoms with Crippen LogP contribution >= 0.6 is 0 Å². The number of para-hydroxylation sites is 1. The molecule has 0 bridgehead atoms. The molecule has 166 valence electrons. The molecule has 1 N–H and O–H groups in total. The lowest BCUT2D eigenvalue weighted by Gasteiger charge is -2.31. The van der Waals surface area contributed by atoms with E-state index in [2.05, 4.69) is 5.32 Å². The van der Waals surface area contributed by atoms with Gasteiger partial charge < -0.3 is 10.2 Å². The highest BCUT2D eigenvalue weighted by atomic mass is 16.6. The van der Waals surface area contributed by atoms with E-state index >= 15 is 0 Å². The van der Waals surface area contributed by atoms with Gasteiger partial charge in [0, 0.05) is 24.2 Å². The highest BCUT2D eigenvalue weighted by Crippen LogP contribution is 2.20. The Hall–Kier alpha value is -3.22. The third-order valence-electron chi connectivity index (χ3n) is 5.40. The second-order valence-electron chi connectivity index (χ2n) is 7.63. The van der Waals surface area contributed by atoms with E-state index in [1.54, 1.807) is 23.1 Å². The fraction of sp³-hybridized carbons (Fsp3) is 0.417. The standard InChI is InChI=1S/C24H31N3O4/c1-4-18(3)25-24(29)21(5-2)26(16-15-19-11-7-6-8-12-19)23(28)17-20-13-9-10-14-22(20)27(30)31/h6-14,18,21H,4-5,15-17H2,1-3H3,(H,25,29). The Kier molecular flexibility index (Phi) is 9.18. The SMILES string of the molecule is CCC(C)NC(=O)C(CC)N(CCc1ccccc1)C(=O)Cc1ccccc1[N+](=O)[O-]. The summed E-state index contributed by atoms with van der Waals surface area (Å²) >= 11 is 0. The first-order chi connectivity index (χ1) is 14.9. The van der Waals surface area contributed by atoms with Crippen LogP contribution in [0.25, 0.3) is 0 Å². The summed E-state index contributed by atoms with van der Waals surface area (Å²) < 4.78 is 0. The topological polar surface area (TPSA) is 92.6 Å². The number of nitro benzene ring substituents is 1. The molecule has 31 heavy (non-hydrogen) atoms. The molecule has 0 heterocycles. The van der Waals surface area contributed by atoms with E-state index in [0.29, 0.717) is 24.9 Å². The molecule has 0 saturated carbocycles. The van der Waals surface area contributed by atoms with E-state index < -0.39 is 11.0 Å². The van der Waals surface area contributed by atoms with Crippen molar-refractivity contribution in [3.05, 3.63) is 75.8 Å². The average molecular weight is 426 g/mol. The third-order valence-corrected chi connectivity index (χ3v) is 5.40. The predicted molar refractivity (Wildman–Crippen MR) is 121 cm³/mol. The van der Waals surface area contributed by atoms with Crippen molar-refractivity contribution in [2.24, 2.45) is 0 Å². The third kappa shape index (κ3) is 6.91. The Morgan fingerprint density at radius 3 is 2.29 bits per heavy atom. The van der Waals surface area contributed by atoms with Crippen LogP contribution in [0.15, 0.2) is 54.6 Å². The second kappa shape index (κ2) is 11.8. The van der Waals surface area contributed by atoms with Crippen molar-refractivity contribution >= 4 is 17.5 Å². The number of nitro groups is 1. The monoisotopic (exact) mass is 425 g/mol. The molecule has 0 spiro atoms. The maximum absolute atomic E-state index is 13.3. The summed E-state index contributed by atoms with van der Waals surface area (Å²) in [4.78, 5) is 38.6. The molecule has 0 fully saturated rings. The van der Waals surface area contributed by atoms with Gasteiger partial charge in [-0.05, 0) is 31.7 Å². The molecule has 7 heteroatoms. The molecule has 2 aromatic carbocycles. The van der Waals surface area contributed by atoms with Gasteiger partial charge in [-0.1, -0.05) is 62.4 Å². The average Bonchev–Trinajstić information content (AvgIpc) is 2.77. The van der Waals surface area contributed by atoms with Crippen molar-refractivity contribution < 1.29 is 14.5 Å². The first kappa shape index (κ1) is 24.1. The zero-order valence-electron chi connectivity index (χ0n) is 18.4. The molecule has 0 aliphatic carbocycles. The van der Waals surface area contributed by atoms with E-state index in [4.69, 9.17) is 0 Å². The highest BCUT2D eigenvalue weighted by Gasteiger charge is 2.30. The van der Waals surface area contributed by atoms with Gasteiger partial charge in [0.05, 0.1) is 11.3 Å². The van der Waals surface area contributed by atoms with E-state index in [1.165, 1.54) is 6.07 Å². The van der Waals surface area contributed by atoms with Crippen LogP contribution in [-0.4, -0.2) is 40.3 Å². The van der Waals surface area contributed by atoms with Gasteiger partial charge in [0.15, 0.2) is 0 Å². The number of hydrogen-bond acceptors (Lipinski definition) is 4. The number of nitrogens with zero attached hydrogens (tertiary/aromatic N) is 2. The smallest absolute Gasteiger partial charge is 0.273 e. The van der Waals surface area contributed by atoms with Crippen molar-refractivity contribution in [2.45, 2.75) is 58.5 Å². The molecular formula is C24H31N3O4. The lowest BCUT2D eigenvalue weighted by atomic mass is 10.0. The maximum atomic E-state index is 13.3. The van der Waals surface area contributed by atoms with Crippen LogP contribution in [0.3, 0.4) is 0 Å². The number of carbonyl (C=O) groups is 2. The number of hydrogen-bond donors (Lipinski definition) is 1. The first-order valence-corrected chi connectivity index (χ1v) is 10.7. The number of nitrogens with one attached hydrogen (secondary N) is 1. The van der Waals surface area contributed by atoms with Crippen LogP contribution in [0.2, 0.25) is 0 Å². The summed E-state index contributed by atoms with van der Waals surface area (Å²) in [5.74, 6) is -0.489. The number of amides is 2. The molecule has 0 saturated heterocycles. The highest BCUT2D eigenvalue weighted by molar-refractivity contribution is 5.89. The van der Waals surface area contributed by atoms with Crippen LogP contribution in [0.5, 0.6) is 0 Å². The normalized spacial score (nSPS) is 12.6. The predicted octanol–water partition coefficient (Wildman–Crippen LogP) is 3.90. The summed E-state index contributed by atoms with van der Waals surface area (Å²) in [5.41, 5.74) is 1.32. The maximum Gasteiger partial charge on any atom is 0.273 e. The van der Waals surface area contributed by atoms with Crippen LogP contribution in [0.1, 0.15) is 44.7 Å². The molecule has 0 radical (unpaired) electrons. The number of rotatable bonds is 11. The van der Waals surface area contributed by atoms with Crippen molar-refractivity contribution in [2.75, 3.05) is 6.54 Å². The van der Waals surface area contributed by atoms with Crippen molar-refractivity contribution in [3.8, 4) is 0 Å². The summed E-state index contributed by atoms with van der Waals surface area (Å²) in [5, 5.41) is 14.3. The molecule has 0 aliphatic rings. The van der Waals surface area contributed by atoms with Gasteiger partial charge in [-0.25, -0.2) is 0 Å². The van der Waals surface area contributed by atoms with E-state index in [9.17, 15) is 19.7 Å². The molecule has 2 aromatic rings. The molecule has 0 aromatic heterocycles. The minimum atomic E-state index is -0.631. The van der Waals surface area contributed by atoms with Gasteiger partial charge in [-0.2, -0.15) is 0 Å². The van der Waals surface area contributed by atoms with Crippen molar-refractivity contribution in [1.29, 1.82) is 0 Å². The largest absolute Gasteiger partial charge is 0.352 e. The van der Waals surface area contributed by atoms with Crippen LogP contribution in [0, 0.1) is 10.1 Å². The Morgan fingerprint density at radius 1 is 1.03 bits per heavy atom. The van der Waals surface area contributed by atoms with E-state index in [0.717, 1.165) is 12.0 Å². The zero-order valence-corrected chi connectivity index (χ0v) is 18.4. The number of carbonyl (C=O) groups excluding carboxylic acids is 2. The fourth-order valence-electron chi connectivity index (χ4n) is 3.44. The summed E-state index contributed by atoms with van der Waals surface area (Å²) in [6, 6.07) is 15.4. The van der Waals surface area contributed by atoms with Crippen molar-refractivity contribution in [3.63, 3.8) is 0 Å². The molecule has 7 nitrogen and oxygen atoms in total. The second-order valence-corrected chi connectivity index (χ2v) is 7.63. The molecule has 0 aliphatic heterocycles. The Balaban J connectivity index is 2.27. The Bertz CT molecular complexity index is 885. The number of benzene rings is 2. The quantitative estimate of drug-likeness (QED) is 0.436. The van der Waals surface area contributed by atoms with Gasteiger partial charge in [0.2, 0.25) is 11.8 Å². The Labute approximate surface area is 183 Å². The summed E-state index contributed by atoms with van der Waals surface area (Å²) in [6.45, 7) is 6.14. The van der Waals surface area contributed by atoms with Gasteiger partial charge >= 0.3 is 0 Å². The van der Waals surface area contributed by atoms with Crippen LogP contribution in [-0.2, 0) is 22.4 Å². The minimum Gasteiger partial charge on any atom is -0.352 e. The lowest BCUT2D eigenvalue weighted by Crippen LogP contribution is -2.52. The van der Waals surface area contributed by atoms with Gasteiger partial charge in [-0.3, -0.25) is 19.7 Å². The summed E-state index contributed by atoms with van der Waals surface area (Å²) in [6.07, 6.45) is 1.71. The first-order valence-electron chi connectivity index (χ1n) is 10.7.